The molecule has 4 N–H and O–H groups in total. The van der Waals surface area contributed by atoms with E-state index < -0.39 is 29.5 Å². The predicted molar refractivity (Wildman–Crippen MR) is 422 cm³/mol. The Morgan fingerprint density at radius 3 is 1.34 bits per heavy atom. The Kier molecular flexibility index (Phi) is 35.9. The summed E-state index contributed by atoms with van der Waals surface area (Å²) in [4.78, 5) is 78.1. The van der Waals surface area contributed by atoms with Crippen molar-refractivity contribution in [2.24, 2.45) is 5.92 Å². The van der Waals surface area contributed by atoms with Crippen LogP contribution < -0.4 is 20.2 Å². The molecule has 0 aliphatic carbocycles. The number of esters is 1. The zero-order valence-corrected chi connectivity index (χ0v) is 65.3. The summed E-state index contributed by atoms with van der Waals surface area (Å²) >= 11 is 1.69. The molecule has 1 aliphatic heterocycles. The molecule has 0 radical (unpaired) electrons. The number of ether oxygens (including phenoxy) is 3. The van der Waals surface area contributed by atoms with Crippen LogP contribution in [0.1, 0.15) is 174 Å². The first kappa shape index (κ1) is 87.9. The van der Waals surface area contributed by atoms with Gasteiger partial charge in [0.25, 0.3) is 0 Å². The number of rotatable bonds is 25. The number of thioether (sulfide) groups is 1. The SMILES string of the molecule is CC(C)(O)C(=O)c1ccc(OCCO)cc1.CC(C)(O)C(=O)c1ccccc1.CC(C)(O)C(=O)c1ccccc1.CCCCC(CC)COC(=O)c1ccc(N(C)C)cc1.CSc1ccc(C(=O)C(C)(C)N2CCOCC2)cc1.Cc1cc(C)c(C(=O)P(=O)(c2ccccc2)c2ccccc2)c(C)c1. The van der Waals surface area contributed by atoms with Gasteiger partial charge in [-0.25, -0.2) is 4.79 Å². The molecule has 0 saturated carbocycles. The Morgan fingerprint density at radius 1 is 0.558 bits per heavy atom. The third-order valence-electron chi connectivity index (χ3n) is 17.0. The molecular formula is C86H109N2O14PS. The first-order valence-electron chi connectivity index (χ1n) is 35.1. The van der Waals surface area contributed by atoms with Gasteiger partial charge < -0.3 is 44.1 Å². The second kappa shape index (κ2) is 42.5. The monoisotopic (exact) mass is 1460 g/mol. The normalized spacial score (nSPS) is 12.5. The van der Waals surface area contributed by atoms with E-state index >= 15 is 0 Å². The van der Waals surface area contributed by atoms with Crippen molar-refractivity contribution in [3.63, 3.8) is 0 Å². The number of aliphatic hydroxyl groups excluding tert-OH is 1. The number of hydrogen-bond acceptors (Lipinski definition) is 17. The molecular weight excluding hydrogens is 1350 g/mol. The lowest BCUT2D eigenvalue weighted by Crippen LogP contribution is -2.54. The fraction of sp³-hybridized carbons (Fsp3) is 0.372. The number of unbranched alkanes of at least 4 members (excludes halogenated alkanes) is 1. The summed E-state index contributed by atoms with van der Waals surface area (Å²) in [6, 6.07) is 61.5. The standard InChI is InChI=1S/C22H21O2P.C17H27NO2.C15H21NO2S.C12H16O4.2C10H12O2/c1-16-14-17(2)21(18(3)15-16)22(23)25(24,19-10-6-4-7-11-19)20-12-8-5-9-13-20;1-5-7-8-14(6-2)13-20-17(19)15-9-11-16(12-10-15)18(3)4;1-15(2,16-8-10-18-11-9-16)14(17)12-4-6-13(19-3)7-5-12;1-12(2,15)11(14)9-3-5-10(6-4-9)16-8-7-13;2*1-10(2,12)9(11)8-6-4-3-5-7-8/h4-15H,1-3H3;9-12,14H,5-8,13H2,1-4H3;4-7H,8-11H2,1-3H3;3-6,13,15H,7-8H2,1-2H3;2*3-7,12H,1-2H3. The number of nitrogens with zero attached hydrogens (tertiary/aromatic N) is 2. The van der Waals surface area contributed by atoms with Crippen molar-refractivity contribution in [1.82, 2.24) is 4.90 Å². The summed E-state index contributed by atoms with van der Waals surface area (Å²) in [5.74, 6) is 0.209. The number of aryl methyl sites for hydroxylation is 3. The maximum atomic E-state index is 14.2. The molecule has 0 bridgehead atoms. The van der Waals surface area contributed by atoms with Gasteiger partial charge in [0.15, 0.2) is 23.1 Å². The van der Waals surface area contributed by atoms with Gasteiger partial charge in [-0.2, -0.15) is 0 Å². The number of morpholine rings is 1. The third kappa shape index (κ3) is 27.5. The maximum absolute atomic E-state index is 14.2. The number of ketones is 4. The van der Waals surface area contributed by atoms with Gasteiger partial charge in [-0.05, 0) is 167 Å². The van der Waals surface area contributed by atoms with E-state index in [9.17, 15) is 48.7 Å². The molecule has 0 spiro atoms. The molecule has 1 saturated heterocycles. The number of Topliss-reactive ketones (excluding diaryl/α,β-unsaturated/α-hetero) is 4. The number of hydrogen-bond donors (Lipinski definition) is 4. The van der Waals surface area contributed by atoms with Gasteiger partial charge in [0.05, 0.1) is 37.5 Å². The van der Waals surface area contributed by atoms with Crippen molar-refractivity contribution >= 4 is 69.8 Å². The van der Waals surface area contributed by atoms with E-state index in [0.29, 0.717) is 69.9 Å². The number of anilines is 1. The molecule has 9 rings (SSSR count). The minimum atomic E-state index is -3.44. The van der Waals surface area contributed by atoms with Crippen LogP contribution in [-0.2, 0) is 14.0 Å². The Bertz CT molecular complexity index is 3870. The molecule has 1 heterocycles. The van der Waals surface area contributed by atoms with Gasteiger partial charge in [0.1, 0.15) is 29.2 Å². The zero-order valence-electron chi connectivity index (χ0n) is 63.6. The zero-order chi connectivity index (χ0) is 77.4. The largest absolute Gasteiger partial charge is 0.491 e. The maximum Gasteiger partial charge on any atom is 0.338 e. The second-order valence-electron chi connectivity index (χ2n) is 27.5. The van der Waals surface area contributed by atoms with Crippen molar-refractivity contribution in [2.45, 2.75) is 143 Å². The highest BCUT2D eigenvalue weighted by atomic mass is 32.2. The van der Waals surface area contributed by atoms with E-state index in [1.165, 1.54) is 59.3 Å². The van der Waals surface area contributed by atoms with Gasteiger partial charge in [0.2, 0.25) is 12.7 Å². The molecule has 1 fully saturated rings. The summed E-state index contributed by atoms with van der Waals surface area (Å²) in [7, 11) is 0.513. The minimum Gasteiger partial charge on any atom is -0.491 e. The van der Waals surface area contributed by atoms with E-state index in [1.807, 2.05) is 169 Å². The highest BCUT2D eigenvalue weighted by Crippen LogP contribution is 2.48. The molecule has 1 aliphatic rings. The third-order valence-corrected chi connectivity index (χ3v) is 20.5. The van der Waals surface area contributed by atoms with Crippen molar-refractivity contribution < 1.29 is 68.0 Å². The lowest BCUT2D eigenvalue weighted by molar-refractivity contribution is -0.00430. The average Bonchev–Trinajstić information content (AvgIpc) is 0.758. The number of aliphatic hydroxyl groups is 4. The van der Waals surface area contributed by atoms with Crippen LogP contribution in [0, 0.1) is 26.7 Å². The summed E-state index contributed by atoms with van der Waals surface area (Å²) in [6.45, 7) is 26.8. The lowest BCUT2D eigenvalue weighted by Gasteiger charge is -2.39. The fourth-order valence-electron chi connectivity index (χ4n) is 10.9. The number of carbonyl (C=O) groups is 6. The smallest absolute Gasteiger partial charge is 0.338 e. The van der Waals surface area contributed by atoms with E-state index in [4.69, 9.17) is 19.3 Å². The Morgan fingerprint density at radius 2 is 0.952 bits per heavy atom. The summed E-state index contributed by atoms with van der Waals surface area (Å²) in [6.07, 6.45) is 6.63. The number of carbonyl (C=O) groups excluding carboxylic acids is 6. The van der Waals surface area contributed by atoms with Crippen LogP contribution in [0.4, 0.5) is 5.69 Å². The number of benzene rings is 8. The van der Waals surface area contributed by atoms with Crippen LogP contribution in [0.15, 0.2) is 211 Å². The molecule has 0 aromatic heterocycles. The van der Waals surface area contributed by atoms with Gasteiger partial charge in [-0.1, -0.05) is 184 Å². The van der Waals surface area contributed by atoms with E-state index in [2.05, 4.69) is 18.7 Å². The van der Waals surface area contributed by atoms with Crippen LogP contribution in [0.3, 0.4) is 0 Å². The molecule has 8 aromatic rings. The van der Waals surface area contributed by atoms with Crippen molar-refractivity contribution in [1.29, 1.82) is 0 Å². The van der Waals surface area contributed by atoms with Crippen LogP contribution in [0.25, 0.3) is 0 Å². The van der Waals surface area contributed by atoms with Crippen LogP contribution in [-0.4, -0.2) is 149 Å². The summed E-state index contributed by atoms with van der Waals surface area (Å²) < 4.78 is 30.1. The Labute approximate surface area is 621 Å². The van der Waals surface area contributed by atoms with Crippen LogP contribution >= 0.6 is 18.9 Å². The molecule has 8 aromatic carbocycles. The molecule has 1 atom stereocenters. The van der Waals surface area contributed by atoms with Gasteiger partial charge >= 0.3 is 5.97 Å². The summed E-state index contributed by atoms with van der Waals surface area (Å²) in [5.41, 5.74) is 2.75. The first-order valence-corrected chi connectivity index (χ1v) is 38.0. The topological polar surface area (TPSA) is 235 Å². The molecule has 104 heavy (non-hydrogen) atoms. The molecule has 558 valence electrons. The molecule has 0 amide bonds. The highest BCUT2D eigenvalue weighted by molar-refractivity contribution is 7.98. The van der Waals surface area contributed by atoms with Gasteiger partial charge in [-0.3, -0.25) is 28.9 Å². The lowest BCUT2D eigenvalue weighted by atomic mass is 9.91. The van der Waals surface area contributed by atoms with Crippen molar-refractivity contribution in [3.05, 3.63) is 256 Å². The van der Waals surface area contributed by atoms with E-state index in [0.717, 1.165) is 53.9 Å². The first-order chi connectivity index (χ1) is 49.1. The molecule has 1 unspecified atom stereocenters. The summed E-state index contributed by atoms with van der Waals surface area (Å²) in [5, 5.41) is 38.0. The molecule has 16 nitrogen and oxygen atoms in total. The fourth-order valence-corrected chi connectivity index (χ4v) is 13.9. The predicted octanol–water partition coefficient (Wildman–Crippen LogP) is 15.9. The van der Waals surface area contributed by atoms with Crippen molar-refractivity contribution in [2.75, 3.05) is 71.4 Å². The highest BCUT2D eigenvalue weighted by Gasteiger charge is 2.39. The van der Waals surface area contributed by atoms with Crippen LogP contribution in [0.5, 0.6) is 5.75 Å². The van der Waals surface area contributed by atoms with E-state index in [-0.39, 0.29) is 47.8 Å². The Hall–Kier alpha value is -8.48. The Balaban J connectivity index is 0.000000269. The van der Waals surface area contributed by atoms with Crippen molar-refractivity contribution in [3.8, 4) is 5.75 Å². The van der Waals surface area contributed by atoms with Gasteiger partial charge in [0, 0.05) is 76.2 Å². The molecule has 18 heteroatoms. The minimum absolute atomic E-state index is 0.0512. The average molecular weight is 1460 g/mol. The second-order valence-corrected chi connectivity index (χ2v) is 31.1. The van der Waals surface area contributed by atoms with E-state index in [1.54, 1.807) is 109 Å². The quantitative estimate of drug-likeness (QED) is 0.0180. The van der Waals surface area contributed by atoms with Crippen LogP contribution in [0.2, 0.25) is 0 Å². The van der Waals surface area contributed by atoms with Gasteiger partial charge in [-0.15, -0.1) is 11.8 Å².